The van der Waals surface area contributed by atoms with Gasteiger partial charge in [0.15, 0.2) is 0 Å². The van der Waals surface area contributed by atoms with E-state index in [-0.39, 0.29) is 12.7 Å². The van der Waals surface area contributed by atoms with E-state index < -0.39 is 5.97 Å². The van der Waals surface area contributed by atoms with Gasteiger partial charge in [-0.3, -0.25) is 0 Å². The van der Waals surface area contributed by atoms with Crippen molar-refractivity contribution in [2.75, 3.05) is 19.7 Å². The van der Waals surface area contributed by atoms with E-state index in [0.29, 0.717) is 11.8 Å². The summed E-state index contributed by atoms with van der Waals surface area (Å²) >= 11 is 0. The van der Waals surface area contributed by atoms with Gasteiger partial charge in [-0.05, 0) is 43.9 Å². The Morgan fingerprint density at radius 3 is 2.52 bits per heavy atom. The number of carboxylic acids is 1. The van der Waals surface area contributed by atoms with Gasteiger partial charge in [-0.15, -0.1) is 0 Å². The van der Waals surface area contributed by atoms with Gasteiger partial charge in [-0.25, -0.2) is 4.79 Å². The zero-order valence-electron chi connectivity index (χ0n) is 12.4. The second-order valence-electron chi connectivity index (χ2n) is 5.66. The van der Waals surface area contributed by atoms with Gasteiger partial charge in [0.25, 0.3) is 0 Å². The maximum Gasteiger partial charge on any atom is 0.329 e. The van der Waals surface area contributed by atoms with Crippen LogP contribution in [0.3, 0.4) is 0 Å². The maximum atomic E-state index is 10.5. The van der Waals surface area contributed by atoms with E-state index in [2.05, 4.69) is 11.8 Å². The predicted octanol–water partition coefficient (Wildman–Crippen LogP) is 1.89. The van der Waals surface area contributed by atoms with Crippen molar-refractivity contribution in [1.82, 2.24) is 4.90 Å². The number of aromatic hydroxyl groups is 1. The van der Waals surface area contributed by atoms with Crippen LogP contribution in [0, 0.1) is 0 Å². The first-order valence-corrected chi connectivity index (χ1v) is 7.40. The summed E-state index contributed by atoms with van der Waals surface area (Å²) in [5.41, 5.74) is 1.21. The maximum absolute atomic E-state index is 10.5. The SMILES string of the molecule is CC(Cc1ccc(O)cc1)N1CCC(OCC(=O)O)CC1. The number of hydrogen-bond acceptors (Lipinski definition) is 4. The number of benzene rings is 1. The lowest BCUT2D eigenvalue weighted by atomic mass is 10.0. The van der Waals surface area contributed by atoms with Gasteiger partial charge in [0.2, 0.25) is 0 Å². The first-order valence-electron chi connectivity index (χ1n) is 7.40. The Kier molecular flexibility index (Phi) is 5.59. The van der Waals surface area contributed by atoms with Crippen LogP contribution in [0.15, 0.2) is 24.3 Å². The van der Waals surface area contributed by atoms with E-state index >= 15 is 0 Å². The van der Waals surface area contributed by atoms with Crippen molar-refractivity contribution >= 4 is 5.97 Å². The van der Waals surface area contributed by atoms with Crippen molar-refractivity contribution in [3.05, 3.63) is 29.8 Å². The van der Waals surface area contributed by atoms with Crippen molar-refractivity contribution in [3.63, 3.8) is 0 Å². The largest absolute Gasteiger partial charge is 0.508 e. The molecule has 0 amide bonds. The third-order valence-electron chi connectivity index (χ3n) is 4.01. The second kappa shape index (κ2) is 7.43. The van der Waals surface area contributed by atoms with Crippen molar-refractivity contribution in [2.45, 2.75) is 38.3 Å². The van der Waals surface area contributed by atoms with Crippen LogP contribution in [0.2, 0.25) is 0 Å². The van der Waals surface area contributed by atoms with Crippen molar-refractivity contribution in [3.8, 4) is 5.75 Å². The highest BCUT2D eigenvalue weighted by atomic mass is 16.5. The van der Waals surface area contributed by atoms with Gasteiger partial charge in [-0.2, -0.15) is 0 Å². The first kappa shape index (κ1) is 15.8. The molecule has 5 heteroatoms. The topological polar surface area (TPSA) is 70.0 Å². The van der Waals surface area contributed by atoms with Crippen LogP contribution in [0.25, 0.3) is 0 Å². The zero-order chi connectivity index (χ0) is 15.2. The highest BCUT2D eigenvalue weighted by Gasteiger charge is 2.23. The summed E-state index contributed by atoms with van der Waals surface area (Å²) in [6, 6.07) is 7.76. The number of ether oxygens (including phenoxy) is 1. The van der Waals surface area contributed by atoms with Crippen LogP contribution >= 0.6 is 0 Å². The molecule has 0 radical (unpaired) electrons. The molecule has 0 spiro atoms. The Morgan fingerprint density at radius 1 is 1.33 bits per heavy atom. The predicted molar refractivity (Wildman–Crippen MR) is 79.5 cm³/mol. The second-order valence-corrected chi connectivity index (χ2v) is 5.66. The van der Waals surface area contributed by atoms with Crippen LogP contribution in [0.5, 0.6) is 5.75 Å². The number of hydrogen-bond donors (Lipinski definition) is 2. The Morgan fingerprint density at radius 2 is 1.95 bits per heavy atom. The van der Waals surface area contributed by atoms with Crippen molar-refractivity contribution < 1.29 is 19.7 Å². The van der Waals surface area contributed by atoms with E-state index in [1.165, 1.54) is 5.56 Å². The smallest absolute Gasteiger partial charge is 0.329 e. The van der Waals surface area contributed by atoms with E-state index in [1.807, 2.05) is 12.1 Å². The summed E-state index contributed by atoms with van der Waals surface area (Å²) < 4.78 is 5.35. The molecule has 1 saturated heterocycles. The molecule has 1 atom stereocenters. The van der Waals surface area contributed by atoms with Crippen molar-refractivity contribution in [2.24, 2.45) is 0 Å². The fraction of sp³-hybridized carbons (Fsp3) is 0.562. The molecule has 1 heterocycles. The molecule has 0 aromatic heterocycles. The summed E-state index contributed by atoms with van der Waals surface area (Å²) in [7, 11) is 0. The van der Waals surface area contributed by atoms with E-state index in [9.17, 15) is 9.90 Å². The minimum Gasteiger partial charge on any atom is -0.508 e. The highest BCUT2D eigenvalue weighted by molar-refractivity contribution is 5.68. The normalized spacial score (nSPS) is 18.5. The number of piperidine rings is 1. The number of aliphatic carboxylic acids is 1. The fourth-order valence-corrected chi connectivity index (χ4v) is 2.77. The molecule has 1 aliphatic rings. The number of nitrogens with zero attached hydrogens (tertiary/aromatic N) is 1. The molecule has 1 unspecified atom stereocenters. The number of rotatable bonds is 6. The molecule has 1 aliphatic heterocycles. The number of likely N-dealkylation sites (tertiary alicyclic amines) is 1. The van der Waals surface area contributed by atoms with Gasteiger partial charge < -0.3 is 19.8 Å². The Hall–Kier alpha value is -1.59. The molecule has 5 nitrogen and oxygen atoms in total. The summed E-state index contributed by atoms with van der Waals surface area (Å²) in [4.78, 5) is 12.9. The average molecular weight is 293 g/mol. The molecule has 0 bridgehead atoms. The molecule has 0 saturated carbocycles. The lowest BCUT2D eigenvalue weighted by molar-refractivity contribution is -0.145. The van der Waals surface area contributed by atoms with Crippen molar-refractivity contribution in [1.29, 1.82) is 0 Å². The van der Waals surface area contributed by atoms with Gasteiger partial charge in [-0.1, -0.05) is 12.1 Å². The standard InChI is InChI=1S/C16H23NO4/c1-12(10-13-2-4-14(18)5-3-13)17-8-6-15(7-9-17)21-11-16(19)20/h2-5,12,15,18H,6-11H2,1H3,(H,19,20). The molecule has 1 fully saturated rings. The van der Waals surface area contributed by atoms with Crippen LogP contribution in [-0.4, -0.2) is 52.9 Å². The Balaban J connectivity index is 1.76. The molecule has 1 aromatic carbocycles. The van der Waals surface area contributed by atoms with E-state index in [1.54, 1.807) is 12.1 Å². The number of phenols is 1. The summed E-state index contributed by atoms with van der Waals surface area (Å²) in [6.45, 7) is 3.87. The minimum atomic E-state index is -0.905. The average Bonchev–Trinajstić information content (AvgIpc) is 2.48. The molecule has 1 aromatic rings. The lowest BCUT2D eigenvalue weighted by Crippen LogP contribution is -2.43. The summed E-state index contributed by atoms with van der Waals surface area (Å²) in [5, 5.41) is 17.9. The van der Waals surface area contributed by atoms with Crippen LogP contribution in [0.4, 0.5) is 0 Å². The van der Waals surface area contributed by atoms with Gasteiger partial charge in [0.1, 0.15) is 12.4 Å². The first-order chi connectivity index (χ1) is 10.0. The lowest BCUT2D eigenvalue weighted by Gasteiger charge is -2.35. The number of carboxylic acid groups (broad SMARTS) is 1. The van der Waals surface area contributed by atoms with Crippen LogP contribution in [-0.2, 0) is 16.0 Å². The van der Waals surface area contributed by atoms with Crippen LogP contribution < -0.4 is 0 Å². The number of carbonyl (C=O) groups is 1. The summed E-state index contributed by atoms with van der Waals surface area (Å²) in [6.07, 6.45) is 2.78. The summed E-state index contributed by atoms with van der Waals surface area (Å²) in [5.74, 6) is -0.610. The molecular weight excluding hydrogens is 270 g/mol. The monoisotopic (exact) mass is 293 g/mol. The minimum absolute atomic E-state index is 0.0678. The van der Waals surface area contributed by atoms with Gasteiger partial charge >= 0.3 is 5.97 Å². The molecule has 2 N–H and O–H groups in total. The molecular formula is C16H23NO4. The third kappa shape index (κ3) is 5.02. The Bertz CT molecular complexity index is 452. The zero-order valence-corrected chi connectivity index (χ0v) is 12.4. The highest BCUT2D eigenvalue weighted by Crippen LogP contribution is 2.19. The molecule has 0 aliphatic carbocycles. The van der Waals surface area contributed by atoms with Crippen LogP contribution in [0.1, 0.15) is 25.3 Å². The number of phenolic OH excluding ortho intramolecular Hbond substituents is 1. The molecule has 21 heavy (non-hydrogen) atoms. The Labute approximate surface area is 125 Å². The van der Waals surface area contributed by atoms with E-state index in [0.717, 1.165) is 32.4 Å². The van der Waals surface area contributed by atoms with Gasteiger partial charge in [0, 0.05) is 19.1 Å². The van der Waals surface area contributed by atoms with Gasteiger partial charge in [0.05, 0.1) is 6.10 Å². The third-order valence-corrected chi connectivity index (χ3v) is 4.01. The quantitative estimate of drug-likeness (QED) is 0.838. The fourth-order valence-electron chi connectivity index (χ4n) is 2.77. The molecule has 116 valence electrons. The van der Waals surface area contributed by atoms with E-state index in [4.69, 9.17) is 9.84 Å². The molecule has 2 rings (SSSR count).